The molecule has 0 aliphatic carbocycles. The van der Waals surface area contributed by atoms with E-state index in [1.165, 1.54) is 16.9 Å². The number of ether oxygens (including phenoxy) is 1. The van der Waals surface area contributed by atoms with Gasteiger partial charge < -0.3 is 9.64 Å². The fraction of sp³-hybridized carbons (Fsp3) is 0.296. The van der Waals surface area contributed by atoms with Crippen molar-refractivity contribution in [1.29, 1.82) is 0 Å². The quantitative estimate of drug-likeness (QED) is 0.315. The molecule has 180 valence electrons. The number of likely N-dealkylation sites (tertiary alicyclic amines) is 1. The fourth-order valence-electron chi connectivity index (χ4n) is 4.53. The van der Waals surface area contributed by atoms with Crippen molar-refractivity contribution in [2.45, 2.75) is 26.2 Å². The van der Waals surface area contributed by atoms with Gasteiger partial charge in [-0.2, -0.15) is 5.10 Å². The number of thiophene rings is 1. The summed E-state index contributed by atoms with van der Waals surface area (Å²) in [6.07, 6.45) is 2.97. The van der Waals surface area contributed by atoms with Crippen molar-refractivity contribution in [2.75, 3.05) is 19.7 Å². The Hall–Kier alpha value is -3.16. The average molecular weight is 508 g/mol. The zero-order chi connectivity index (χ0) is 24.4. The number of esters is 1. The molecule has 35 heavy (non-hydrogen) atoms. The Balaban J connectivity index is 1.17. The first-order chi connectivity index (χ1) is 17.0. The average Bonchev–Trinajstić information content (AvgIpc) is 3.45. The van der Waals surface area contributed by atoms with Crippen LogP contribution in [-0.4, -0.2) is 46.3 Å². The smallest absolute Gasteiger partial charge is 0.348 e. The summed E-state index contributed by atoms with van der Waals surface area (Å²) in [6, 6.07) is 19.6. The largest absolute Gasteiger partial charge is 0.451 e. The van der Waals surface area contributed by atoms with Crippen molar-refractivity contribution in [3.05, 3.63) is 81.8 Å². The molecule has 6 nitrogen and oxygen atoms in total. The highest BCUT2D eigenvalue weighted by molar-refractivity contribution is 7.20. The number of piperidine rings is 1. The molecule has 2 aromatic carbocycles. The first kappa shape index (κ1) is 23.6. The molecule has 1 fully saturated rings. The van der Waals surface area contributed by atoms with E-state index >= 15 is 0 Å². The van der Waals surface area contributed by atoms with Gasteiger partial charge in [0.15, 0.2) is 6.61 Å². The summed E-state index contributed by atoms with van der Waals surface area (Å²) in [5, 5.41) is 6.13. The van der Waals surface area contributed by atoms with Crippen LogP contribution in [0.3, 0.4) is 0 Å². The van der Waals surface area contributed by atoms with Crippen molar-refractivity contribution in [3.63, 3.8) is 0 Å². The molecule has 1 aliphatic rings. The van der Waals surface area contributed by atoms with E-state index in [0.29, 0.717) is 28.9 Å². The van der Waals surface area contributed by atoms with E-state index in [2.05, 4.69) is 29.4 Å². The van der Waals surface area contributed by atoms with Gasteiger partial charge in [-0.15, -0.1) is 11.3 Å². The zero-order valence-electron chi connectivity index (χ0n) is 19.4. The molecule has 8 heteroatoms. The van der Waals surface area contributed by atoms with Gasteiger partial charge in [-0.05, 0) is 68.0 Å². The SMILES string of the molecule is Cc1nn(-c2ccc(Cl)cc2)c2sc(C(=O)OCC(=O)N3CCC(Cc4ccccc4)CC3)cc12. The van der Waals surface area contributed by atoms with E-state index in [0.717, 1.165) is 40.9 Å². The van der Waals surface area contributed by atoms with Crippen molar-refractivity contribution in [3.8, 4) is 5.69 Å². The lowest BCUT2D eigenvalue weighted by Gasteiger charge is -2.32. The van der Waals surface area contributed by atoms with Crippen molar-refractivity contribution >= 4 is 45.0 Å². The van der Waals surface area contributed by atoms with E-state index in [9.17, 15) is 9.59 Å². The van der Waals surface area contributed by atoms with Gasteiger partial charge in [-0.25, -0.2) is 9.48 Å². The predicted octanol–water partition coefficient (Wildman–Crippen LogP) is 5.69. The van der Waals surface area contributed by atoms with Crippen molar-refractivity contribution in [2.24, 2.45) is 5.92 Å². The Kier molecular flexibility index (Phi) is 6.88. The molecule has 0 bridgehead atoms. The second-order valence-corrected chi connectivity index (χ2v) is 10.4. The molecule has 1 saturated heterocycles. The topological polar surface area (TPSA) is 64.4 Å². The van der Waals surface area contributed by atoms with Gasteiger partial charge in [-0.1, -0.05) is 41.9 Å². The Morgan fingerprint density at radius 3 is 2.51 bits per heavy atom. The molecule has 5 rings (SSSR count). The lowest BCUT2D eigenvalue weighted by atomic mass is 9.90. The second kappa shape index (κ2) is 10.2. The number of aromatic nitrogens is 2. The van der Waals surface area contributed by atoms with Crippen LogP contribution in [0.15, 0.2) is 60.7 Å². The fourth-order valence-corrected chi connectivity index (χ4v) is 5.73. The Labute approximate surface area is 213 Å². The number of aryl methyl sites for hydroxylation is 1. The predicted molar refractivity (Wildman–Crippen MR) is 138 cm³/mol. The molecule has 0 unspecified atom stereocenters. The number of carbonyl (C=O) groups is 2. The van der Waals surface area contributed by atoms with Crippen LogP contribution in [0, 0.1) is 12.8 Å². The monoisotopic (exact) mass is 507 g/mol. The van der Waals surface area contributed by atoms with Gasteiger partial charge in [0.2, 0.25) is 0 Å². The molecule has 0 saturated carbocycles. The number of benzene rings is 2. The highest BCUT2D eigenvalue weighted by Crippen LogP contribution is 2.31. The third-order valence-electron chi connectivity index (χ3n) is 6.48. The Morgan fingerprint density at radius 1 is 1.09 bits per heavy atom. The van der Waals surface area contributed by atoms with Crippen LogP contribution in [0.25, 0.3) is 15.9 Å². The van der Waals surface area contributed by atoms with Gasteiger partial charge >= 0.3 is 5.97 Å². The third kappa shape index (κ3) is 5.26. The molecule has 0 spiro atoms. The lowest BCUT2D eigenvalue weighted by Crippen LogP contribution is -2.41. The van der Waals surface area contributed by atoms with E-state index in [1.54, 1.807) is 22.9 Å². The molecular weight excluding hydrogens is 482 g/mol. The molecule has 0 N–H and O–H groups in total. The molecular formula is C27H26ClN3O3S. The number of nitrogens with zero attached hydrogens (tertiary/aromatic N) is 3. The minimum Gasteiger partial charge on any atom is -0.451 e. The van der Waals surface area contributed by atoms with Crippen LogP contribution in [0.1, 0.15) is 33.8 Å². The van der Waals surface area contributed by atoms with Gasteiger partial charge in [0.1, 0.15) is 9.71 Å². The molecule has 3 heterocycles. The summed E-state index contributed by atoms with van der Waals surface area (Å²) in [5.74, 6) is -0.0484. The van der Waals surface area contributed by atoms with E-state index in [4.69, 9.17) is 16.3 Å². The van der Waals surface area contributed by atoms with Crippen LogP contribution >= 0.6 is 22.9 Å². The van der Waals surface area contributed by atoms with Gasteiger partial charge in [0.25, 0.3) is 5.91 Å². The van der Waals surface area contributed by atoms with Crippen LogP contribution in [0.2, 0.25) is 5.02 Å². The maximum Gasteiger partial charge on any atom is 0.348 e. The first-order valence-corrected chi connectivity index (χ1v) is 12.9. The normalized spacial score (nSPS) is 14.4. The highest BCUT2D eigenvalue weighted by atomic mass is 35.5. The maximum atomic E-state index is 12.7. The maximum absolute atomic E-state index is 12.7. The lowest BCUT2D eigenvalue weighted by molar-refractivity contribution is -0.135. The molecule has 1 aliphatic heterocycles. The summed E-state index contributed by atoms with van der Waals surface area (Å²) in [6.45, 7) is 3.07. The van der Waals surface area contributed by atoms with Crippen LogP contribution in [0.5, 0.6) is 0 Å². The molecule has 2 aromatic heterocycles. The van der Waals surface area contributed by atoms with Crippen molar-refractivity contribution in [1.82, 2.24) is 14.7 Å². The van der Waals surface area contributed by atoms with Gasteiger partial charge in [0, 0.05) is 23.5 Å². The second-order valence-electron chi connectivity index (χ2n) is 8.89. The van der Waals surface area contributed by atoms with E-state index in [-0.39, 0.29) is 12.5 Å². The Morgan fingerprint density at radius 2 is 1.80 bits per heavy atom. The first-order valence-electron chi connectivity index (χ1n) is 11.7. The standard InChI is InChI=1S/C27H26ClN3O3S/c1-18-23-16-24(35-26(23)31(29-18)22-9-7-21(28)8-10-22)27(33)34-17-25(32)30-13-11-20(12-14-30)15-19-5-3-2-4-6-19/h2-10,16,20H,11-15,17H2,1H3. The molecule has 0 radical (unpaired) electrons. The van der Waals surface area contributed by atoms with Gasteiger partial charge in [0.05, 0.1) is 11.4 Å². The molecule has 4 aromatic rings. The van der Waals surface area contributed by atoms with Crippen LogP contribution < -0.4 is 0 Å². The summed E-state index contributed by atoms with van der Waals surface area (Å²) in [7, 11) is 0. The summed E-state index contributed by atoms with van der Waals surface area (Å²) in [5.41, 5.74) is 3.02. The van der Waals surface area contributed by atoms with Crippen molar-refractivity contribution < 1.29 is 14.3 Å². The number of fused-ring (bicyclic) bond motifs is 1. The number of carbonyl (C=O) groups excluding carboxylic acids is 2. The zero-order valence-corrected chi connectivity index (χ0v) is 21.0. The summed E-state index contributed by atoms with van der Waals surface area (Å²) in [4.78, 5) is 28.5. The van der Waals surface area contributed by atoms with E-state index in [1.807, 2.05) is 30.0 Å². The number of hydrogen-bond acceptors (Lipinski definition) is 5. The number of hydrogen-bond donors (Lipinski definition) is 0. The van der Waals surface area contributed by atoms with Crippen LogP contribution in [0.4, 0.5) is 0 Å². The summed E-state index contributed by atoms with van der Waals surface area (Å²) >= 11 is 7.31. The molecule has 0 atom stereocenters. The minimum absolute atomic E-state index is 0.138. The third-order valence-corrected chi connectivity index (χ3v) is 7.82. The number of halogens is 1. The minimum atomic E-state index is -0.486. The highest BCUT2D eigenvalue weighted by Gasteiger charge is 2.25. The molecule has 1 amide bonds. The Bertz CT molecular complexity index is 1340. The number of rotatable bonds is 6. The summed E-state index contributed by atoms with van der Waals surface area (Å²) < 4.78 is 7.20. The van der Waals surface area contributed by atoms with E-state index < -0.39 is 5.97 Å². The van der Waals surface area contributed by atoms with Crippen LogP contribution in [-0.2, 0) is 16.0 Å². The van der Waals surface area contributed by atoms with Gasteiger partial charge in [-0.3, -0.25) is 4.79 Å². The number of amides is 1.